The molecule has 3 unspecified atom stereocenters. The van der Waals surface area contributed by atoms with Gasteiger partial charge < -0.3 is 9.47 Å². The lowest BCUT2D eigenvalue weighted by atomic mass is 9.81. The molecule has 0 aliphatic carbocycles. The molecule has 3 atom stereocenters. The van der Waals surface area contributed by atoms with Crippen LogP contribution < -0.4 is 19.6 Å². The molecule has 1 aromatic carbocycles. The van der Waals surface area contributed by atoms with Gasteiger partial charge in [0.1, 0.15) is 11.7 Å². The number of para-hydroxylation sites is 1. The first-order valence-electron chi connectivity index (χ1n) is 9.67. The van der Waals surface area contributed by atoms with Crippen LogP contribution in [0.25, 0.3) is 6.08 Å². The zero-order valence-electron chi connectivity index (χ0n) is 16.7. The minimum absolute atomic E-state index is 0.194. The number of fused-ring (bicyclic) bond motifs is 6. The first-order chi connectivity index (χ1) is 14.5. The van der Waals surface area contributed by atoms with Crippen molar-refractivity contribution in [2.75, 3.05) is 7.11 Å². The average Bonchev–Trinajstić information content (AvgIpc) is 3.30. The maximum Gasteiger partial charge on any atom is 0.317 e. The van der Waals surface area contributed by atoms with E-state index in [0.717, 1.165) is 11.3 Å². The number of rotatable bonds is 3. The second kappa shape index (κ2) is 6.66. The molecule has 0 fully saturated rings. The summed E-state index contributed by atoms with van der Waals surface area (Å²) >= 11 is 1.29. The summed E-state index contributed by atoms with van der Waals surface area (Å²) in [6, 6.07) is 8.75. The zero-order valence-corrected chi connectivity index (χ0v) is 17.5. The highest BCUT2D eigenvalue weighted by Gasteiger charge is 2.55. The molecule has 8 nitrogen and oxygen atoms in total. The lowest BCUT2D eigenvalue weighted by Gasteiger charge is -2.44. The summed E-state index contributed by atoms with van der Waals surface area (Å²) in [7, 11) is 1.34. The molecule has 2 aliphatic heterocycles. The van der Waals surface area contributed by atoms with E-state index < -0.39 is 23.7 Å². The van der Waals surface area contributed by atoms with E-state index in [1.54, 1.807) is 17.7 Å². The minimum Gasteiger partial charge on any atom is -0.469 e. The van der Waals surface area contributed by atoms with Crippen LogP contribution in [0.1, 0.15) is 31.1 Å². The van der Waals surface area contributed by atoms with Crippen LogP contribution in [0.2, 0.25) is 0 Å². The largest absolute Gasteiger partial charge is 0.469 e. The summed E-state index contributed by atoms with van der Waals surface area (Å²) in [5, 5.41) is 4.26. The Balaban J connectivity index is 1.80. The Labute approximate surface area is 175 Å². The van der Waals surface area contributed by atoms with Gasteiger partial charge in [-0.2, -0.15) is 5.10 Å². The summed E-state index contributed by atoms with van der Waals surface area (Å²) in [6.07, 6.45) is 3.52. The molecular formula is C21H20N4O4S. The van der Waals surface area contributed by atoms with Crippen molar-refractivity contribution >= 4 is 23.4 Å². The molecule has 0 spiro atoms. The normalized spacial score (nSPS) is 24.4. The molecule has 4 heterocycles. The van der Waals surface area contributed by atoms with Crippen LogP contribution in [0.4, 0.5) is 0 Å². The standard InChI is InChI=1S/C21H20N4O4S/c1-4-24-12(9-10-22-24)11-15-18(26)25-17-13-7-5-6-8-14(13)29-21(2,23-20(25)30-15)16(17)19(27)28-3/h5-11,16-17H,4H2,1-3H3/b15-11-. The van der Waals surface area contributed by atoms with E-state index >= 15 is 0 Å². The molecule has 0 amide bonds. The Morgan fingerprint density at radius 1 is 1.37 bits per heavy atom. The summed E-state index contributed by atoms with van der Waals surface area (Å²) < 4.78 is 15.2. The van der Waals surface area contributed by atoms with E-state index in [2.05, 4.69) is 5.10 Å². The molecule has 2 bridgehead atoms. The van der Waals surface area contributed by atoms with Gasteiger partial charge in [-0.1, -0.05) is 29.5 Å². The van der Waals surface area contributed by atoms with Crippen LogP contribution >= 0.6 is 11.3 Å². The highest BCUT2D eigenvalue weighted by molar-refractivity contribution is 7.07. The van der Waals surface area contributed by atoms with Crippen LogP contribution in [0.15, 0.2) is 46.3 Å². The summed E-state index contributed by atoms with van der Waals surface area (Å²) in [4.78, 5) is 31.5. The van der Waals surface area contributed by atoms with Crippen LogP contribution in [0.3, 0.4) is 0 Å². The van der Waals surface area contributed by atoms with Gasteiger partial charge in [-0.15, -0.1) is 0 Å². The molecule has 0 saturated carbocycles. The van der Waals surface area contributed by atoms with E-state index in [1.165, 1.54) is 18.4 Å². The van der Waals surface area contributed by atoms with Gasteiger partial charge in [-0.05, 0) is 32.1 Å². The van der Waals surface area contributed by atoms with Crippen LogP contribution in [0.5, 0.6) is 5.75 Å². The van der Waals surface area contributed by atoms with Crippen molar-refractivity contribution in [2.45, 2.75) is 32.2 Å². The number of benzene rings is 1. The van der Waals surface area contributed by atoms with Gasteiger partial charge in [0.2, 0.25) is 5.72 Å². The molecular weight excluding hydrogens is 404 g/mol. The van der Waals surface area contributed by atoms with Crippen LogP contribution in [-0.2, 0) is 16.1 Å². The molecule has 0 saturated heterocycles. The number of carbonyl (C=O) groups is 1. The number of hydrogen-bond donors (Lipinski definition) is 0. The third-order valence-electron chi connectivity index (χ3n) is 5.66. The fourth-order valence-corrected chi connectivity index (χ4v) is 5.38. The van der Waals surface area contributed by atoms with Gasteiger partial charge in [0.25, 0.3) is 5.56 Å². The van der Waals surface area contributed by atoms with Crippen molar-refractivity contribution in [3.8, 4) is 5.75 Å². The Bertz CT molecular complexity index is 1340. The first-order valence-corrected chi connectivity index (χ1v) is 10.5. The van der Waals surface area contributed by atoms with Gasteiger partial charge in [-0.25, -0.2) is 4.99 Å². The highest BCUT2D eigenvalue weighted by atomic mass is 32.1. The number of carbonyl (C=O) groups excluding carboxylic acids is 1. The number of nitrogens with zero attached hydrogens (tertiary/aromatic N) is 4. The van der Waals surface area contributed by atoms with Crippen molar-refractivity contribution in [1.82, 2.24) is 14.3 Å². The van der Waals surface area contributed by atoms with Crippen molar-refractivity contribution in [3.05, 3.63) is 67.5 Å². The second-order valence-electron chi connectivity index (χ2n) is 7.39. The lowest BCUT2D eigenvalue weighted by molar-refractivity contribution is -0.158. The van der Waals surface area contributed by atoms with E-state index in [4.69, 9.17) is 14.5 Å². The van der Waals surface area contributed by atoms with Gasteiger partial charge >= 0.3 is 5.97 Å². The highest BCUT2D eigenvalue weighted by Crippen LogP contribution is 2.47. The monoisotopic (exact) mass is 424 g/mol. The smallest absolute Gasteiger partial charge is 0.317 e. The third kappa shape index (κ3) is 2.58. The average molecular weight is 424 g/mol. The molecule has 0 radical (unpaired) electrons. The van der Waals surface area contributed by atoms with E-state index in [9.17, 15) is 9.59 Å². The molecule has 30 heavy (non-hydrogen) atoms. The van der Waals surface area contributed by atoms with Gasteiger partial charge in [-0.3, -0.25) is 18.8 Å². The molecule has 2 aliphatic rings. The third-order valence-corrected chi connectivity index (χ3v) is 6.65. The Morgan fingerprint density at radius 3 is 2.93 bits per heavy atom. The van der Waals surface area contributed by atoms with E-state index in [-0.39, 0.29) is 5.56 Å². The second-order valence-corrected chi connectivity index (χ2v) is 8.40. The Kier molecular flexibility index (Phi) is 4.18. The quantitative estimate of drug-likeness (QED) is 0.587. The Hall–Kier alpha value is -3.20. The predicted molar refractivity (Wildman–Crippen MR) is 110 cm³/mol. The molecule has 3 aromatic rings. The van der Waals surface area contributed by atoms with Crippen LogP contribution in [-0.4, -0.2) is 33.2 Å². The van der Waals surface area contributed by atoms with Crippen molar-refractivity contribution in [2.24, 2.45) is 10.9 Å². The topological polar surface area (TPSA) is 87.7 Å². The van der Waals surface area contributed by atoms with Crippen LogP contribution in [0, 0.1) is 5.92 Å². The number of thiazole rings is 1. The summed E-state index contributed by atoms with van der Waals surface area (Å²) in [6.45, 7) is 4.45. The summed E-state index contributed by atoms with van der Waals surface area (Å²) in [5.41, 5.74) is 0.252. The number of aryl methyl sites for hydroxylation is 1. The van der Waals surface area contributed by atoms with E-state index in [0.29, 0.717) is 21.6 Å². The molecule has 9 heteroatoms. The molecule has 0 N–H and O–H groups in total. The first kappa shape index (κ1) is 18.8. The predicted octanol–water partition coefficient (Wildman–Crippen LogP) is 1.08. The number of hydrogen-bond acceptors (Lipinski definition) is 7. The minimum atomic E-state index is -1.16. The number of esters is 1. The Morgan fingerprint density at radius 2 is 2.17 bits per heavy atom. The SMILES string of the molecule is CCn1nccc1/C=c1\sc2n(c1=O)C1c3ccccc3OC(C)(N=2)C1C(=O)OC. The molecule has 5 rings (SSSR count). The fourth-order valence-electron chi connectivity index (χ4n) is 4.30. The van der Waals surface area contributed by atoms with Crippen molar-refractivity contribution in [1.29, 1.82) is 0 Å². The fraction of sp³-hybridized carbons (Fsp3) is 0.333. The van der Waals surface area contributed by atoms with Crippen molar-refractivity contribution < 1.29 is 14.3 Å². The molecule has 2 aromatic heterocycles. The lowest BCUT2D eigenvalue weighted by Crippen LogP contribution is -2.58. The summed E-state index contributed by atoms with van der Waals surface area (Å²) in [5.74, 6) is -0.613. The van der Waals surface area contributed by atoms with Gasteiger partial charge in [0.15, 0.2) is 4.80 Å². The molecule has 154 valence electrons. The van der Waals surface area contributed by atoms with E-state index in [1.807, 2.05) is 48.0 Å². The van der Waals surface area contributed by atoms with Gasteiger partial charge in [0.05, 0.1) is 23.4 Å². The number of aromatic nitrogens is 3. The zero-order chi connectivity index (χ0) is 21.0. The maximum atomic E-state index is 13.5. The van der Waals surface area contributed by atoms with Crippen molar-refractivity contribution in [3.63, 3.8) is 0 Å². The number of ether oxygens (including phenoxy) is 2. The van der Waals surface area contributed by atoms with Gasteiger partial charge in [0, 0.05) is 18.3 Å². The maximum absolute atomic E-state index is 13.5. The number of methoxy groups -OCH3 is 1.